The first-order chi connectivity index (χ1) is 12.4. The number of benzene rings is 3. The Bertz CT molecular complexity index is 1030. The topological polar surface area (TPSA) is 12.5 Å². The van der Waals surface area contributed by atoms with E-state index in [1.54, 1.807) is 0 Å². The molecule has 0 radical (unpaired) electrons. The highest BCUT2D eigenvalue weighted by Crippen LogP contribution is 2.42. The number of fused-ring (bicyclic) bond motifs is 3. The minimum absolute atomic E-state index is 0.807. The Morgan fingerprint density at radius 1 is 0.760 bits per heavy atom. The summed E-state index contributed by atoms with van der Waals surface area (Å²) in [4.78, 5) is 2.48. The van der Waals surface area contributed by atoms with Crippen LogP contribution >= 0.6 is 11.3 Å². The summed E-state index contributed by atoms with van der Waals surface area (Å²) < 4.78 is 8.32. The third kappa shape index (κ3) is 2.60. The van der Waals surface area contributed by atoms with Gasteiger partial charge in [-0.25, -0.2) is 0 Å². The van der Waals surface area contributed by atoms with Gasteiger partial charge in [0.2, 0.25) is 0 Å². The van der Waals surface area contributed by atoms with E-state index in [1.807, 2.05) is 11.3 Å². The molecule has 3 heteroatoms. The summed E-state index contributed by atoms with van der Waals surface area (Å²) in [6.45, 7) is 3.53. The van der Waals surface area contributed by atoms with Gasteiger partial charge in [0, 0.05) is 28.6 Å². The summed E-state index contributed by atoms with van der Waals surface area (Å²) in [5.74, 6) is 0. The second-order valence-electron chi connectivity index (χ2n) is 6.44. The maximum absolute atomic E-state index is 5.57. The zero-order valence-corrected chi connectivity index (χ0v) is 14.8. The fourth-order valence-corrected chi connectivity index (χ4v) is 4.87. The Balaban J connectivity index is 1.80. The van der Waals surface area contributed by atoms with Gasteiger partial charge in [0.15, 0.2) is 0 Å². The molecule has 2 nitrogen and oxygen atoms in total. The quantitative estimate of drug-likeness (QED) is 0.472. The van der Waals surface area contributed by atoms with Crippen molar-refractivity contribution in [3.8, 4) is 11.1 Å². The fraction of sp³-hybridized carbons (Fsp3) is 0.182. The number of hydrogen-bond acceptors (Lipinski definition) is 3. The summed E-state index contributed by atoms with van der Waals surface area (Å²) in [5, 5.41) is 2.72. The van der Waals surface area contributed by atoms with Crippen LogP contribution < -0.4 is 4.90 Å². The number of thiophene rings is 1. The van der Waals surface area contributed by atoms with Crippen molar-refractivity contribution >= 4 is 37.2 Å². The van der Waals surface area contributed by atoms with Gasteiger partial charge in [-0.1, -0.05) is 48.5 Å². The van der Waals surface area contributed by atoms with Crippen molar-refractivity contribution in [2.45, 2.75) is 0 Å². The molecule has 0 saturated carbocycles. The van der Waals surface area contributed by atoms with Gasteiger partial charge >= 0.3 is 0 Å². The Labute approximate surface area is 151 Å². The maximum Gasteiger partial charge on any atom is 0.0642 e. The average molecular weight is 345 g/mol. The van der Waals surface area contributed by atoms with E-state index in [4.69, 9.17) is 4.74 Å². The second kappa shape index (κ2) is 6.17. The molecule has 1 aliphatic rings. The van der Waals surface area contributed by atoms with E-state index >= 15 is 0 Å². The van der Waals surface area contributed by atoms with Crippen LogP contribution in [0.5, 0.6) is 0 Å². The SMILES string of the molecule is c1ccc(-c2cc(N3CCOCC3)c3sc4ccccc4c3c2)cc1. The van der Waals surface area contributed by atoms with Gasteiger partial charge in [-0.3, -0.25) is 0 Å². The summed E-state index contributed by atoms with van der Waals surface area (Å²) in [7, 11) is 0. The average Bonchev–Trinajstić information content (AvgIpc) is 3.07. The van der Waals surface area contributed by atoms with Gasteiger partial charge in [-0.2, -0.15) is 0 Å². The number of rotatable bonds is 2. The van der Waals surface area contributed by atoms with Crippen molar-refractivity contribution in [2.75, 3.05) is 31.2 Å². The number of morpholine rings is 1. The standard InChI is InChI=1S/C22H19NOS/c1-2-6-16(7-3-1)17-14-19-18-8-4-5-9-21(18)25-22(19)20(15-17)23-10-12-24-13-11-23/h1-9,14-15H,10-13H2. The van der Waals surface area contributed by atoms with Gasteiger partial charge in [-0.05, 0) is 29.3 Å². The molecule has 4 aromatic rings. The van der Waals surface area contributed by atoms with Crippen molar-refractivity contribution in [3.63, 3.8) is 0 Å². The first kappa shape index (κ1) is 14.9. The van der Waals surface area contributed by atoms with Crippen molar-refractivity contribution in [2.24, 2.45) is 0 Å². The van der Waals surface area contributed by atoms with E-state index in [0.717, 1.165) is 26.3 Å². The zero-order valence-electron chi connectivity index (χ0n) is 13.9. The van der Waals surface area contributed by atoms with Crippen LogP contribution in [0.3, 0.4) is 0 Å². The molecule has 1 fully saturated rings. The highest BCUT2D eigenvalue weighted by atomic mass is 32.1. The predicted molar refractivity (Wildman–Crippen MR) is 108 cm³/mol. The molecule has 0 bridgehead atoms. The van der Waals surface area contributed by atoms with Crippen molar-refractivity contribution < 1.29 is 4.74 Å². The van der Waals surface area contributed by atoms with Crippen molar-refractivity contribution in [1.29, 1.82) is 0 Å². The molecule has 1 saturated heterocycles. The Morgan fingerprint density at radius 3 is 2.36 bits per heavy atom. The lowest BCUT2D eigenvalue weighted by atomic mass is 10.0. The van der Waals surface area contributed by atoms with E-state index in [2.05, 4.69) is 71.6 Å². The van der Waals surface area contributed by atoms with Crippen LogP contribution in [-0.4, -0.2) is 26.3 Å². The highest BCUT2D eigenvalue weighted by Gasteiger charge is 2.18. The van der Waals surface area contributed by atoms with Gasteiger partial charge in [-0.15, -0.1) is 11.3 Å². The minimum atomic E-state index is 0.807. The summed E-state index contributed by atoms with van der Waals surface area (Å²) in [6.07, 6.45) is 0. The highest BCUT2D eigenvalue weighted by molar-refractivity contribution is 7.26. The lowest BCUT2D eigenvalue weighted by Crippen LogP contribution is -2.36. The number of ether oxygens (including phenoxy) is 1. The normalized spacial score (nSPS) is 15.1. The molecular formula is C22H19NOS. The van der Waals surface area contributed by atoms with Gasteiger partial charge < -0.3 is 9.64 Å². The largest absolute Gasteiger partial charge is 0.378 e. The van der Waals surface area contributed by atoms with Crippen LogP contribution in [0.1, 0.15) is 0 Å². The van der Waals surface area contributed by atoms with Crippen LogP contribution in [0.4, 0.5) is 5.69 Å². The van der Waals surface area contributed by atoms with Crippen LogP contribution in [0, 0.1) is 0 Å². The van der Waals surface area contributed by atoms with E-state index in [0.29, 0.717) is 0 Å². The molecule has 0 unspecified atom stereocenters. The Morgan fingerprint density at radius 2 is 1.52 bits per heavy atom. The summed E-state index contributed by atoms with van der Waals surface area (Å²) in [6, 6.07) is 24.1. The molecule has 124 valence electrons. The molecule has 0 amide bonds. The molecule has 0 N–H and O–H groups in total. The Kier molecular flexibility index (Phi) is 3.69. The number of nitrogens with zero attached hydrogens (tertiary/aromatic N) is 1. The van der Waals surface area contributed by atoms with Gasteiger partial charge in [0.05, 0.1) is 23.6 Å². The lowest BCUT2D eigenvalue weighted by molar-refractivity contribution is 0.123. The van der Waals surface area contributed by atoms with Crippen LogP contribution in [0.2, 0.25) is 0 Å². The third-order valence-corrected chi connectivity index (χ3v) is 6.13. The second-order valence-corrected chi connectivity index (χ2v) is 7.49. The molecule has 2 heterocycles. The van der Waals surface area contributed by atoms with Crippen LogP contribution in [0.25, 0.3) is 31.3 Å². The van der Waals surface area contributed by atoms with Crippen LogP contribution in [-0.2, 0) is 4.74 Å². The molecule has 3 aromatic carbocycles. The van der Waals surface area contributed by atoms with Crippen molar-refractivity contribution in [1.82, 2.24) is 0 Å². The van der Waals surface area contributed by atoms with Crippen molar-refractivity contribution in [3.05, 3.63) is 66.7 Å². The first-order valence-corrected chi connectivity index (χ1v) is 9.55. The van der Waals surface area contributed by atoms with Gasteiger partial charge in [0.25, 0.3) is 0 Å². The lowest BCUT2D eigenvalue weighted by Gasteiger charge is -2.29. The number of anilines is 1. The first-order valence-electron chi connectivity index (χ1n) is 8.73. The zero-order chi connectivity index (χ0) is 16.6. The van der Waals surface area contributed by atoms with E-state index in [1.165, 1.54) is 37.0 Å². The monoisotopic (exact) mass is 345 g/mol. The molecule has 25 heavy (non-hydrogen) atoms. The predicted octanol–water partition coefficient (Wildman–Crippen LogP) is 5.56. The fourth-order valence-electron chi connectivity index (χ4n) is 3.65. The van der Waals surface area contributed by atoms with E-state index in [-0.39, 0.29) is 0 Å². The molecular weight excluding hydrogens is 326 g/mol. The van der Waals surface area contributed by atoms with E-state index < -0.39 is 0 Å². The molecule has 0 spiro atoms. The maximum atomic E-state index is 5.57. The minimum Gasteiger partial charge on any atom is -0.378 e. The Hall–Kier alpha value is -2.36. The molecule has 1 aliphatic heterocycles. The molecule has 5 rings (SSSR count). The smallest absolute Gasteiger partial charge is 0.0642 e. The molecule has 1 aromatic heterocycles. The van der Waals surface area contributed by atoms with E-state index in [9.17, 15) is 0 Å². The summed E-state index contributed by atoms with van der Waals surface area (Å²) in [5.41, 5.74) is 3.91. The summed E-state index contributed by atoms with van der Waals surface area (Å²) >= 11 is 1.90. The molecule has 0 aliphatic carbocycles. The molecule has 0 atom stereocenters. The number of hydrogen-bond donors (Lipinski definition) is 0. The third-order valence-electron chi connectivity index (χ3n) is 4.92. The van der Waals surface area contributed by atoms with Crippen LogP contribution in [0.15, 0.2) is 66.7 Å². The van der Waals surface area contributed by atoms with Gasteiger partial charge in [0.1, 0.15) is 0 Å².